The zero-order valence-corrected chi connectivity index (χ0v) is 11.4. The van der Waals surface area contributed by atoms with Crippen LogP contribution in [0, 0.1) is 0 Å². The molecule has 0 amide bonds. The van der Waals surface area contributed by atoms with Gasteiger partial charge in [-0.25, -0.2) is 0 Å². The van der Waals surface area contributed by atoms with Crippen molar-refractivity contribution in [2.45, 2.75) is 13.1 Å². The van der Waals surface area contributed by atoms with Crippen molar-refractivity contribution in [1.29, 1.82) is 0 Å². The van der Waals surface area contributed by atoms with Crippen molar-refractivity contribution in [1.82, 2.24) is 4.90 Å². The maximum absolute atomic E-state index is 12.6. The minimum Gasteiger partial charge on any atom is -0.379 e. The number of nitrogens with zero attached hydrogens (tertiary/aromatic N) is 1. The first-order chi connectivity index (χ1) is 9.45. The van der Waals surface area contributed by atoms with Gasteiger partial charge in [-0.2, -0.15) is 13.2 Å². The largest absolute Gasteiger partial charge is 0.416 e. The van der Waals surface area contributed by atoms with E-state index in [9.17, 15) is 13.2 Å². The number of ether oxygens (including phenoxy) is 1. The Morgan fingerprint density at radius 1 is 1.30 bits per heavy atom. The molecular weight excluding hydrogens is 267 g/mol. The van der Waals surface area contributed by atoms with E-state index in [1.54, 1.807) is 6.07 Å². The van der Waals surface area contributed by atoms with Gasteiger partial charge in [-0.15, -0.1) is 0 Å². The molecule has 0 aromatic heterocycles. The van der Waals surface area contributed by atoms with Gasteiger partial charge in [0.2, 0.25) is 0 Å². The summed E-state index contributed by atoms with van der Waals surface area (Å²) in [7, 11) is 0. The zero-order chi connectivity index (χ0) is 14.6. The molecule has 0 radical (unpaired) electrons. The fourth-order valence-electron chi connectivity index (χ4n) is 2.25. The molecule has 0 bridgehead atoms. The predicted molar refractivity (Wildman–Crippen MR) is 72.4 cm³/mol. The molecule has 20 heavy (non-hydrogen) atoms. The lowest BCUT2D eigenvalue weighted by Crippen LogP contribution is -2.37. The highest BCUT2D eigenvalue weighted by Crippen LogP contribution is 2.29. The lowest BCUT2D eigenvalue weighted by molar-refractivity contribution is -0.137. The molecule has 2 rings (SSSR count). The minimum absolute atomic E-state index is 0.589. The fraction of sp³-hybridized carbons (Fsp3) is 0.467. The Kier molecular flexibility index (Phi) is 4.83. The Morgan fingerprint density at radius 3 is 2.65 bits per heavy atom. The third kappa shape index (κ3) is 4.35. The molecule has 0 unspecified atom stereocenters. The SMILES string of the molecule is CC(=Cc1cccc(C(F)(F)F)c1)CN1CCOCC1. The van der Waals surface area contributed by atoms with Crippen molar-refractivity contribution >= 4 is 6.08 Å². The van der Waals surface area contributed by atoms with Gasteiger partial charge < -0.3 is 4.74 Å². The van der Waals surface area contributed by atoms with Gasteiger partial charge in [0.05, 0.1) is 18.8 Å². The molecule has 110 valence electrons. The van der Waals surface area contributed by atoms with E-state index >= 15 is 0 Å². The van der Waals surface area contributed by atoms with Gasteiger partial charge in [0.25, 0.3) is 0 Å². The standard InChI is InChI=1S/C15H18F3NO/c1-12(11-19-5-7-20-8-6-19)9-13-3-2-4-14(10-13)15(16,17)18/h2-4,9-10H,5-8,11H2,1H3. The highest BCUT2D eigenvalue weighted by atomic mass is 19.4. The average molecular weight is 285 g/mol. The molecule has 1 fully saturated rings. The maximum atomic E-state index is 12.6. The molecule has 0 aliphatic carbocycles. The Bertz CT molecular complexity index is 476. The highest BCUT2D eigenvalue weighted by molar-refractivity contribution is 5.54. The third-order valence-electron chi connectivity index (χ3n) is 3.20. The van der Waals surface area contributed by atoms with Crippen LogP contribution < -0.4 is 0 Å². The monoisotopic (exact) mass is 285 g/mol. The quantitative estimate of drug-likeness (QED) is 0.843. The highest BCUT2D eigenvalue weighted by Gasteiger charge is 2.30. The molecule has 5 heteroatoms. The van der Waals surface area contributed by atoms with Crippen LogP contribution >= 0.6 is 0 Å². The number of morpholine rings is 1. The summed E-state index contributed by atoms with van der Waals surface area (Å²) in [6.07, 6.45) is -2.48. The van der Waals surface area contributed by atoms with Crippen molar-refractivity contribution < 1.29 is 17.9 Å². The Balaban J connectivity index is 2.05. The molecule has 0 saturated carbocycles. The summed E-state index contributed by atoms with van der Waals surface area (Å²) in [5, 5.41) is 0. The molecule has 2 nitrogen and oxygen atoms in total. The van der Waals surface area contributed by atoms with E-state index in [4.69, 9.17) is 4.74 Å². The van der Waals surface area contributed by atoms with Crippen LogP contribution in [0.2, 0.25) is 0 Å². The van der Waals surface area contributed by atoms with Crippen LogP contribution in [0.15, 0.2) is 29.8 Å². The summed E-state index contributed by atoms with van der Waals surface area (Å²) in [6, 6.07) is 5.41. The second kappa shape index (κ2) is 6.41. The molecule has 0 atom stereocenters. The molecule has 1 saturated heterocycles. The van der Waals surface area contributed by atoms with Gasteiger partial charge in [-0.3, -0.25) is 4.90 Å². The summed E-state index contributed by atoms with van der Waals surface area (Å²) in [6.45, 7) is 5.88. The normalized spacial score (nSPS) is 18.3. The Hall–Kier alpha value is -1.33. The van der Waals surface area contributed by atoms with Crippen LogP contribution in [-0.2, 0) is 10.9 Å². The second-order valence-corrected chi connectivity index (χ2v) is 5.00. The van der Waals surface area contributed by atoms with Crippen molar-refractivity contribution in [3.63, 3.8) is 0 Å². The van der Waals surface area contributed by atoms with Gasteiger partial charge in [-0.05, 0) is 24.6 Å². The van der Waals surface area contributed by atoms with Crippen LogP contribution in [0.4, 0.5) is 13.2 Å². The van der Waals surface area contributed by atoms with Crippen molar-refractivity contribution in [3.8, 4) is 0 Å². The van der Waals surface area contributed by atoms with E-state index < -0.39 is 11.7 Å². The van der Waals surface area contributed by atoms with Gasteiger partial charge in [0.15, 0.2) is 0 Å². The lowest BCUT2D eigenvalue weighted by atomic mass is 10.1. The molecule has 0 spiro atoms. The van der Waals surface area contributed by atoms with E-state index in [-0.39, 0.29) is 0 Å². The fourth-order valence-corrected chi connectivity index (χ4v) is 2.25. The lowest BCUT2D eigenvalue weighted by Gasteiger charge is -2.26. The van der Waals surface area contributed by atoms with Gasteiger partial charge in [0, 0.05) is 19.6 Å². The van der Waals surface area contributed by atoms with Crippen LogP contribution in [0.1, 0.15) is 18.1 Å². The summed E-state index contributed by atoms with van der Waals surface area (Å²) in [5.41, 5.74) is 1.03. The van der Waals surface area contributed by atoms with Crippen molar-refractivity contribution in [2.24, 2.45) is 0 Å². The Labute approximate surface area is 116 Å². The number of benzene rings is 1. The number of alkyl halides is 3. The Morgan fingerprint density at radius 2 is 2.00 bits per heavy atom. The van der Waals surface area contributed by atoms with Crippen LogP contribution in [0.25, 0.3) is 6.08 Å². The summed E-state index contributed by atoms with van der Waals surface area (Å²) in [4.78, 5) is 2.24. The number of hydrogen-bond donors (Lipinski definition) is 0. The van der Waals surface area contributed by atoms with E-state index in [2.05, 4.69) is 4.90 Å². The first-order valence-electron chi connectivity index (χ1n) is 6.60. The van der Waals surface area contributed by atoms with Crippen LogP contribution in [0.5, 0.6) is 0 Å². The maximum Gasteiger partial charge on any atom is 0.416 e. The van der Waals surface area contributed by atoms with Crippen molar-refractivity contribution in [3.05, 3.63) is 41.0 Å². The first kappa shape index (κ1) is 15.1. The number of hydrogen-bond acceptors (Lipinski definition) is 2. The molecule has 1 aliphatic heterocycles. The number of halogens is 3. The molecule has 0 N–H and O–H groups in total. The molecule has 1 aromatic rings. The summed E-state index contributed by atoms with van der Waals surface area (Å²) < 4.78 is 43.2. The number of rotatable bonds is 3. The second-order valence-electron chi connectivity index (χ2n) is 5.00. The van der Waals surface area contributed by atoms with Gasteiger partial charge in [-0.1, -0.05) is 23.8 Å². The average Bonchev–Trinajstić information content (AvgIpc) is 2.39. The van der Waals surface area contributed by atoms with Crippen molar-refractivity contribution in [2.75, 3.05) is 32.8 Å². The molecular formula is C15H18F3NO. The van der Waals surface area contributed by atoms with Gasteiger partial charge in [0.1, 0.15) is 0 Å². The zero-order valence-electron chi connectivity index (χ0n) is 11.4. The summed E-state index contributed by atoms with van der Waals surface area (Å²) >= 11 is 0. The topological polar surface area (TPSA) is 12.5 Å². The first-order valence-corrected chi connectivity index (χ1v) is 6.60. The van der Waals surface area contributed by atoms with Crippen LogP contribution in [-0.4, -0.2) is 37.7 Å². The summed E-state index contributed by atoms with van der Waals surface area (Å²) in [5.74, 6) is 0. The minimum atomic E-state index is -4.29. The molecule has 1 aromatic carbocycles. The van der Waals surface area contributed by atoms with Crippen LogP contribution in [0.3, 0.4) is 0 Å². The van der Waals surface area contributed by atoms with E-state index in [1.165, 1.54) is 12.1 Å². The molecule has 1 aliphatic rings. The molecule has 1 heterocycles. The smallest absolute Gasteiger partial charge is 0.379 e. The van der Waals surface area contributed by atoms with E-state index in [0.717, 1.165) is 44.5 Å². The van der Waals surface area contributed by atoms with Gasteiger partial charge >= 0.3 is 6.18 Å². The van der Waals surface area contributed by atoms with E-state index in [0.29, 0.717) is 5.56 Å². The predicted octanol–water partition coefficient (Wildman–Crippen LogP) is 3.44. The third-order valence-corrected chi connectivity index (χ3v) is 3.20. The van der Waals surface area contributed by atoms with E-state index in [1.807, 2.05) is 13.0 Å².